The third kappa shape index (κ3) is 4.27. The molecule has 0 unspecified atom stereocenters. The van der Waals surface area contributed by atoms with Gasteiger partial charge in [-0.15, -0.1) is 11.8 Å². The minimum atomic E-state index is 0.426. The highest BCUT2D eigenvalue weighted by Crippen LogP contribution is 2.46. The van der Waals surface area contributed by atoms with E-state index in [1.165, 1.54) is 0 Å². The van der Waals surface area contributed by atoms with E-state index in [0.717, 1.165) is 34.1 Å². The lowest BCUT2D eigenvalue weighted by atomic mass is 10.2. The molecule has 3 aromatic rings. The molecule has 0 aliphatic heterocycles. The molecule has 1 saturated carbocycles. The Labute approximate surface area is 169 Å². The molecular formula is C20H24N6OS. The molecule has 0 bridgehead atoms. The molecule has 1 N–H and O–H groups in total. The second-order valence-corrected chi connectivity index (χ2v) is 7.83. The molecule has 1 fully saturated rings. The second kappa shape index (κ2) is 8.18. The molecule has 146 valence electrons. The van der Waals surface area contributed by atoms with Crippen LogP contribution in [0.4, 0.5) is 5.82 Å². The number of thioether (sulfide) groups is 1. The first-order chi connectivity index (χ1) is 13.6. The zero-order chi connectivity index (χ0) is 19.5. The maximum atomic E-state index is 5.96. The highest BCUT2D eigenvalue weighted by Gasteiger charge is 2.40. The van der Waals surface area contributed by atoms with Crippen LogP contribution in [0.5, 0.6) is 6.01 Å². The second-order valence-electron chi connectivity index (χ2n) is 7.03. The van der Waals surface area contributed by atoms with Crippen LogP contribution >= 0.6 is 11.8 Å². The van der Waals surface area contributed by atoms with Crippen LogP contribution in [0.3, 0.4) is 0 Å². The van der Waals surface area contributed by atoms with Crippen LogP contribution in [0.25, 0.3) is 0 Å². The van der Waals surface area contributed by atoms with Crippen molar-refractivity contribution in [2.75, 3.05) is 18.2 Å². The number of aromatic nitrogens is 5. The quantitative estimate of drug-likeness (QED) is 0.462. The molecule has 0 spiro atoms. The minimum Gasteiger partial charge on any atom is -0.463 e. The van der Waals surface area contributed by atoms with Crippen LogP contribution in [0.15, 0.2) is 41.8 Å². The third-order valence-corrected chi connectivity index (χ3v) is 5.69. The summed E-state index contributed by atoms with van der Waals surface area (Å²) in [5, 5.41) is 8.51. The Kier molecular flexibility index (Phi) is 5.47. The summed E-state index contributed by atoms with van der Waals surface area (Å²) in [6.07, 6.45) is 8.80. The fraction of sp³-hybridized carbons (Fsp3) is 0.400. The van der Waals surface area contributed by atoms with Crippen LogP contribution in [-0.4, -0.2) is 37.6 Å². The first-order valence-corrected chi connectivity index (χ1v) is 10.5. The molecule has 1 aliphatic rings. The van der Waals surface area contributed by atoms with Crippen molar-refractivity contribution in [1.82, 2.24) is 24.7 Å². The zero-order valence-electron chi connectivity index (χ0n) is 16.3. The summed E-state index contributed by atoms with van der Waals surface area (Å²) in [6.45, 7) is 3.29. The summed E-state index contributed by atoms with van der Waals surface area (Å²) in [4.78, 5) is 13.6. The van der Waals surface area contributed by atoms with Gasteiger partial charge in [-0.2, -0.15) is 15.1 Å². The monoisotopic (exact) mass is 396 g/mol. The highest BCUT2D eigenvalue weighted by atomic mass is 32.2. The van der Waals surface area contributed by atoms with Crippen molar-refractivity contribution in [2.24, 2.45) is 13.0 Å². The molecule has 3 heterocycles. The van der Waals surface area contributed by atoms with E-state index < -0.39 is 0 Å². The maximum absolute atomic E-state index is 5.96. The lowest BCUT2D eigenvalue weighted by Gasteiger charge is -2.13. The molecule has 7 nitrogen and oxygen atoms in total. The smallest absolute Gasteiger partial charge is 0.319 e. The van der Waals surface area contributed by atoms with Gasteiger partial charge in [-0.1, -0.05) is 6.07 Å². The van der Waals surface area contributed by atoms with Gasteiger partial charge in [0.05, 0.1) is 12.8 Å². The van der Waals surface area contributed by atoms with E-state index in [1.54, 1.807) is 16.4 Å². The van der Waals surface area contributed by atoms with Crippen LogP contribution in [-0.2, 0) is 13.6 Å². The molecule has 4 rings (SSSR count). The number of ether oxygens (including phenoxy) is 1. The van der Waals surface area contributed by atoms with Gasteiger partial charge in [-0.05, 0) is 31.7 Å². The standard InChI is InChI=1S/C20H24N6OS/c1-13-18(22-9-14-10-23-26(2)11-14)24-20(25-19(13)28-3)27-12-15-8-16(15)17-6-4-5-7-21-17/h4-7,10-11,15-16H,8-9,12H2,1-3H3,(H,22,24,25)/t15-,16+/m1/s1. The van der Waals surface area contributed by atoms with Gasteiger partial charge in [-0.3, -0.25) is 9.67 Å². The number of anilines is 1. The van der Waals surface area contributed by atoms with E-state index in [2.05, 4.69) is 31.4 Å². The van der Waals surface area contributed by atoms with Gasteiger partial charge in [0.1, 0.15) is 10.8 Å². The number of pyridine rings is 1. The van der Waals surface area contributed by atoms with Crippen molar-refractivity contribution in [3.8, 4) is 6.01 Å². The van der Waals surface area contributed by atoms with E-state index in [0.29, 0.717) is 31.0 Å². The topological polar surface area (TPSA) is 77.8 Å². The molecule has 2 atom stereocenters. The molecule has 1 aliphatic carbocycles. The Morgan fingerprint density at radius 1 is 1.32 bits per heavy atom. The Bertz CT molecular complexity index is 945. The van der Waals surface area contributed by atoms with Crippen molar-refractivity contribution in [2.45, 2.75) is 30.8 Å². The predicted octanol–water partition coefficient (Wildman–Crippen LogP) is 3.43. The molecule has 28 heavy (non-hydrogen) atoms. The molecule has 0 aromatic carbocycles. The SMILES string of the molecule is CSc1nc(OC[C@H]2C[C@@H]2c2ccccn2)nc(NCc2cnn(C)c2)c1C. The normalized spacial score (nSPS) is 18.1. The summed E-state index contributed by atoms with van der Waals surface area (Å²) < 4.78 is 7.75. The summed E-state index contributed by atoms with van der Waals surface area (Å²) in [5.41, 5.74) is 3.27. The van der Waals surface area contributed by atoms with Crippen molar-refractivity contribution < 1.29 is 4.74 Å². The summed E-state index contributed by atoms with van der Waals surface area (Å²) in [7, 11) is 1.91. The van der Waals surface area contributed by atoms with Crippen molar-refractivity contribution in [3.05, 3.63) is 53.6 Å². The van der Waals surface area contributed by atoms with E-state index in [9.17, 15) is 0 Å². The van der Waals surface area contributed by atoms with Crippen LogP contribution < -0.4 is 10.1 Å². The highest BCUT2D eigenvalue weighted by molar-refractivity contribution is 7.98. The average Bonchev–Trinajstić information content (AvgIpc) is 3.39. The number of hydrogen-bond acceptors (Lipinski definition) is 7. The summed E-state index contributed by atoms with van der Waals surface area (Å²) in [6, 6.07) is 6.49. The molecule has 0 radical (unpaired) electrons. The lowest BCUT2D eigenvalue weighted by Crippen LogP contribution is -2.09. The van der Waals surface area contributed by atoms with Gasteiger partial charge in [0.2, 0.25) is 0 Å². The third-order valence-electron chi connectivity index (χ3n) is 4.91. The van der Waals surface area contributed by atoms with Crippen LogP contribution in [0, 0.1) is 12.8 Å². The summed E-state index contributed by atoms with van der Waals surface area (Å²) in [5.74, 6) is 1.76. The number of nitrogens with one attached hydrogen (secondary N) is 1. The van der Waals surface area contributed by atoms with Crippen molar-refractivity contribution >= 4 is 17.6 Å². The van der Waals surface area contributed by atoms with Gasteiger partial charge in [0, 0.05) is 54.6 Å². The van der Waals surface area contributed by atoms with Crippen molar-refractivity contribution in [1.29, 1.82) is 0 Å². The van der Waals surface area contributed by atoms with E-state index in [-0.39, 0.29) is 0 Å². The molecular weight excluding hydrogens is 372 g/mol. The Balaban J connectivity index is 1.41. The van der Waals surface area contributed by atoms with Gasteiger partial charge in [0.25, 0.3) is 0 Å². The zero-order valence-corrected chi connectivity index (χ0v) is 17.1. The van der Waals surface area contributed by atoms with Gasteiger partial charge in [0.15, 0.2) is 0 Å². The van der Waals surface area contributed by atoms with Gasteiger partial charge < -0.3 is 10.1 Å². The Morgan fingerprint density at radius 3 is 2.93 bits per heavy atom. The predicted molar refractivity (Wildman–Crippen MR) is 110 cm³/mol. The fourth-order valence-electron chi connectivity index (χ4n) is 3.23. The fourth-order valence-corrected chi connectivity index (χ4v) is 3.80. The number of hydrogen-bond donors (Lipinski definition) is 1. The maximum Gasteiger partial charge on any atom is 0.319 e. The largest absolute Gasteiger partial charge is 0.463 e. The van der Waals surface area contributed by atoms with Crippen LogP contribution in [0.1, 0.15) is 29.2 Å². The number of rotatable bonds is 8. The first-order valence-electron chi connectivity index (χ1n) is 9.31. The summed E-state index contributed by atoms with van der Waals surface area (Å²) >= 11 is 1.60. The van der Waals surface area contributed by atoms with E-state index >= 15 is 0 Å². The average molecular weight is 397 g/mol. The van der Waals surface area contributed by atoms with E-state index in [4.69, 9.17) is 4.74 Å². The lowest BCUT2D eigenvalue weighted by molar-refractivity contribution is 0.271. The van der Waals surface area contributed by atoms with Gasteiger partial charge >= 0.3 is 6.01 Å². The number of aryl methyl sites for hydroxylation is 1. The Morgan fingerprint density at radius 2 is 2.21 bits per heavy atom. The minimum absolute atomic E-state index is 0.426. The van der Waals surface area contributed by atoms with Gasteiger partial charge in [-0.25, -0.2) is 0 Å². The molecule has 8 heteroatoms. The molecule has 0 saturated heterocycles. The Hall–Kier alpha value is -2.61. The molecule has 3 aromatic heterocycles. The first kappa shape index (κ1) is 18.7. The van der Waals surface area contributed by atoms with Crippen molar-refractivity contribution in [3.63, 3.8) is 0 Å². The molecule has 0 amide bonds. The van der Waals surface area contributed by atoms with E-state index in [1.807, 2.05) is 51.0 Å². The van der Waals surface area contributed by atoms with Crippen LogP contribution in [0.2, 0.25) is 0 Å². The number of nitrogens with zero attached hydrogens (tertiary/aromatic N) is 5.